The summed E-state index contributed by atoms with van der Waals surface area (Å²) in [6.07, 6.45) is 1.59. The van der Waals surface area contributed by atoms with Gasteiger partial charge in [-0.3, -0.25) is 4.99 Å². The lowest BCUT2D eigenvalue weighted by Crippen LogP contribution is -2.33. The molecule has 0 aliphatic rings. The van der Waals surface area contributed by atoms with E-state index in [4.69, 9.17) is 26.8 Å². The van der Waals surface area contributed by atoms with Crippen molar-refractivity contribution in [3.05, 3.63) is 58.6 Å². The molecule has 2 aromatic carbocycles. The highest BCUT2D eigenvalue weighted by Gasteiger charge is 2.02. The van der Waals surface area contributed by atoms with Gasteiger partial charge in [0.15, 0.2) is 5.96 Å². The van der Waals surface area contributed by atoms with Gasteiger partial charge in [-0.25, -0.2) is 0 Å². The minimum Gasteiger partial charge on any atom is -0.497 e. The van der Waals surface area contributed by atoms with Crippen LogP contribution in [0.1, 0.15) is 11.1 Å². The van der Waals surface area contributed by atoms with Crippen LogP contribution in [0.4, 0.5) is 0 Å². The summed E-state index contributed by atoms with van der Waals surface area (Å²) in [5.74, 6) is 2.05. The number of nitrogens with one attached hydrogen (secondary N) is 1. The number of aliphatic imine (C=N–C) groups is 1. The van der Waals surface area contributed by atoms with Gasteiger partial charge in [0, 0.05) is 18.1 Å². The summed E-state index contributed by atoms with van der Waals surface area (Å²) in [6, 6.07) is 13.6. The van der Waals surface area contributed by atoms with E-state index in [2.05, 4.69) is 10.3 Å². The zero-order valence-corrected chi connectivity index (χ0v) is 18.1. The Morgan fingerprint density at radius 3 is 2.31 bits per heavy atom. The van der Waals surface area contributed by atoms with Gasteiger partial charge >= 0.3 is 0 Å². The minimum absolute atomic E-state index is 0. The second-order valence-electron chi connectivity index (χ2n) is 5.50. The van der Waals surface area contributed by atoms with E-state index in [-0.39, 0.29) is 24.0 Å². The Labute approximate surface area is 177 Å². The van der Waals surface area contributed by atoms with Gasteiger partial charge in [0.1, 0.15) is 11.5 Å². The molecule has 0 fully saturated rings. The maximum Gasteiger partial charge on any atom is 0.188 e. The molecule has 0 aliphatic carbocycles. The molecule has 26 heavy (non-hydrogen) atoms. The van der Waals surface area contributed by atoms with Gasteiger partial charge in [-0.05, 0) is 48.2 Å². The predicted molar refractivity (Wildman–Crippen MR) is 118 cm³/mol. The third kappa shape index (κ3) is 7.29. The molecule has 0 saturated heterocycles. The molecule has 0 bridgehead atoms. The molecule has 7 heteroatoms. The van der Waals surface area contributed by atoms with Gasteiger partial charge in [0.2, 0.25) is 0 Å². The van der Waals surface area contributed by atoms with Crippen LogP contribution < -0.4 is 20.5 Å². The van der Waals surface area contributed by atoms with Crippen molar-refractivity contribution in [1.29, 1.82) is 0 Å². The van der Waals surface area contributed by atoms with Crippen LogP contribution in [-0.2, 0) is 12.8 Å². The van der Waals surface area contributed by atoms with Crippen LogP contribution in [-0.4, -0.2) is 33.3 Å². The van der Waals surface area contributed by atoms with Crippen molar-refractivity contribution in [1.82, 2.24) is 5.32 Å². The van der Waals surface area contributed by atoms with Gasteiger partial charge in [0.05, 0.1) is 14.2 Å². The Hall–Kier alpha value is -1.67. The summed E-state index contributed by atoms with van der Waals surface area (Å²) >= 11 is 6.21. The standard InChI is InChI=1S/C19H24ClN3O2.HI/c1-24-16-6-3-14(4-7-16)9-11-22-19(21)23-12-10-15-5-8-17(25-2)13-18(15)20;/h3-8,13H,9-12H2,1-2H3,(H3,21,22,23);1H. The number of rotatable bonds is 8. The summed E-state index contributed by atoms with van der Waals surface area (Å²) in [5.41, 5.74) is 8.14. The van der Waals surface area contributed by atoms with Crippen LogP contribution in [0.5, 0.6) is 11.5 Å². The number of ether oxygens (including phenoxy) is 2. The lowest BCUT2D eigenvalue weighted by molar-refractivity contribution is 0.414. The van der Waals surface area contributed by atoms with Gasteiger partial charge in [-0.2, -0.15) is 0 Å². The van der Waals surface area contributed by atoms with Crippen molar-refractivity contribution in [3.63, 3.8) is 0 Å². The molecule has 0 unspecified atom stereocenters. The molecule has 0 radical (unpaired) electrons. The summed E-state index contributed by atoms with van der Waals surface area (Å²) in [6.45, 7) is 1.30. The maximum absolute atomic E-state index is 6.21. The molecule has 0 heterocycles. The number of hydrogen-bond acceptors (Lipinski definition) is 3. The highest BCUT2D eigenvalue weighted by Crippen LogP contribution is 2.22. The molecule has 142 valence electrons. The minimum atomic E-state index is 0. The summed E-state index contributed by atoms with van der Waals surface area (Å²) in [5, 5.41) is 3.80. The Morgan fingerprint density at radius 2 is 1.69 bits per heavy atom. The number of nitrogens with zero attached hydrogens (tertiary/aromatic N) is 1. The van der Waals surface area contributed by atoms with Gasteiger partial charge < -0.3 is 20.5 Å². The number of guanidine groups is 1. The first-order valence-electron chi connectivity index (χ1n) is 8.11. The molecule has 0 saturated carbocycles. The smallest absolute Gasteiger partial charge is 0.188 e. The van der Waals surface area contributed by atoms with Crippen molar-refractivity contribution in [3.8, 4) is 11.5 Å². The largest absolute Gasteiger partial charge is 0.497 e. The first-order valence-corrected chi connectivity index (χ1v) is 8.49. The third-order valence-corrected chi connectivity index (χ3v) is 4.15. The average molecular weight is 490 g/mol. The number of methoxy groups -OCH3 is 2. The Morgan fingerprint density at radius 1 is 1.04 bits per heavy atom. The normalized spacial score (nSPS) is 10.8. The molecule has 2 aromatic rings. The third-order valence-electron chi connectivity index (χ3n) is 3.80. The van der Waals surface area contributed by atoms with Gasteiger partial charge in [0.25, 0.3) is 0 Å². The molecular formula is C19H25ClIN3O2. The van der Waals surface area contributed by atoms with E-state index in [1.54, 1.807) is 20.3 Å². The van der Waals surface area contributed by atoms with Gasteiger partial charge in [-0.1, -0.05) is 29.8 Å². The van der Waals surface area contributed by atoms with E-state index in [0.29, 0.717) is 17.5 Å². The number of halogens is 2. The van der Waals surface area contributed by atoms with E-state index in [1.165, 1.54) is 5.56 Å². The fraction of sp³-hybridized carbons (Fsp3) is 0.316. The number of benzene rings is 2. The Balaban J connectivity index is 0.00000338. The van der Waals surface area contributed by atoms with Crippen molar-refractivity contribution in [2.45, 2.75) is 12.8 Å². The maximum atomic E-state index is 6.21. The molecule has 3 N–H and O–H groups in total. The van der Waals surface area contributed by atoms with Crippen LogP contribution >= 0.6 is 35.6 Å². The number of hydrogen-bond donors (Lipinski definition) is 2. The average Bonchev–Trinajstić information content (AvgIpc) is 2.63. The molecule has 0 atom stereocenters. The Kier molecular flexibility index (Phi) is 10.2. The quantitative estimate of drug-likeness (QED) is 0.337. The van der Waals surface area contributed by atoms with E-state index >= 15 is 0 Å². The fourth-order valence-corrected chi connectivity index (χ4v) is 2.60. The van der Waals surface area contributed by atoms with E-state index in [9.17, 15) is 0 Å². The van der Waals surface area contributed by atoms with Crippen molar-refractivity contribution < 1.29 is 9.47 Å². The summed E-state index contributed by atoms with van der Waals surface area (Å²) in [4.78, 5) is 4.34. The molecule has 0 aliphatic heterocycles. The first-order chi connectivity index (χ1) is 12.1. The van der Waals surface area contributed by atoms with Crippen LogP contribution in [0.3, 0.4) is 0 Å². The monoisotopic (exact) mass is 489 g/mol. The zero-order valence-electron chi connectivity index (χ0n) is 15.0. The second kappa shape index (κ2) is 11.9. The number of nitrogens with two attached hydrogens (primary N) is 1. The van der Waals surface area contributed by atoms with E-state index < -0.39 is 0 Å². The van der Waals surface area contributed by atoms with Crippen LogP contribution in [0.15, 0.2) is 47.5 Å². The summed E-state index contributed by atoms with van der Waals surface area (Å²) < 4.78 is 10.3. The first kappa shape index (κ1) is 22.4. The molecule has 0 aromatic heterocycles. The molecule has 2 rings (SSSR count). The lowest BCUT2D eigenvalue weighted by Gasteiger charge is -2.08. The predicted octanol–water partition coefficient (Wildman–Crippen LogP) is 3.66. The molecule has 5 nitrogen and oxygen atoms in total. The van der Waals surface area contributed by atoms with E-state index in [0.717, 1.165) is 36.4 Å². The van der Waals surface area contributed by atoms with Gasteiger partial charge in [-0.15, -0.1) is 24.0 Å². The highest BCUT2D eigenvalue weighted by atomic mass is 127. The zero-order chi connectivity index (χ0) is 18.1. The van der Waals surface area contributed by atoms with Crippen LogP contribution in [0.25, 0.3) is 0 Å². The van der Waals surface area contributed by atoms with E-state index in [1.807, 2.05) is 36.4 Å². The van der Waals surface area contributed by atoms with Crippen molar-refractivity contribution in [2.75, 3.05) is 27.3 Å². The molecule has 0 amide bonds. The topological polar surface area (TPSA) is 68.9 Å². The van der Waals surface area contributed by atoms with Crippen LogP contribution in [0, 0.1) is 0 Å². The van der Waals surface area contributed by atoms with Crippen LogP contribution in [0.2, 0.25) is 5.02 Å². The summed E-state index contributed by atoms with van der Waals surface area (Å²) in [7, 11) is 3.28. The Bertz CT molecular complexity index is 708. The van der Waals surface area contributed by atoms with Crippen molar-refractivity contribution >= 4 is 41.5 Å². The van der Waals surface area contributed by atoms with Crippen molar-refractivity contribution in [2.24, 2.45) is 10.7 Å². The molecule has 0 spiro atoms. The fourth-order valence-electron chi connectivity index (χ4n) is 2.34. The second-order valence-corrected chi connectivity index (χ2v) is 5.91. The SMILES string of the molecule is COc1ccc(CCNC(N)=NCCc2ccc(OC)cc2Cl)cc1.I. The highest BCUT2D eigenvalue weighted by molar-refractivity contribution is 14.0. The lowest BCUT2D eigenvalue weighted by atomic mass is 10.1. The molecular weight excluding hydrogens is 465 g/mol.